The van der Waals surface area contributed by atoms with Crippen molar-refractivity contribution >= 4 is 17.9 Å². The maximum Gasteiger partial charge on any atom is 0.324 e. The molecule has 0 aromatic rings. The molecule has 0 saturated heterocycles. The molecule has 5 nitrogen and oxygen atoms in total. The van der Waals surface area contributed by atoms with Crippen LogP contribution < -0.4 is 0 Å². The van der Waals surface area contributed by atoms with E-state index in [9.17, 15) is 14.4 Å². The second kappa shape index (κ2) is 4.86. The summed E-state index contributed by atoms with van der Waals surface area (Å²) in [4.78, 5) is 33.5. The Hall–Kier alpha value is -1.39. The molecule has 5 heteroatoms. The minimum atomic E-state index is -1.27. The van der Waals surface area contributed by atoms with Gasteiger partial charge in [-0.05, 0) is 61.7 Å². The van der Waals surface area contributed by atoms with E-state index in [0.29, 0.717) is 0 Å². The third-order valence-corrected chi connectivity index (χ3v) is 5.21. The van der Waals surface area contributed by atoms with Gasteiger partial charge in [0, 0.05) is 0 Å². The average Bonchev–Trinajstić information content (AvgIpc) is 2.23. The van der Waals surface area contributed by atoms with Crippen LogP contribution in [0.15, 0.2) is 0 Å². The minimum Gasteiger partial charge on any atom is -0.481 e. The first-order valence-corrected chi connectivity index (χ1v) is 7.39. The lowest BCUT2D eigenvalue weighted by atomic mass is 9.49. The van der Waals surface area contributed by atoms with E-state index in [0.717, 1.165) is 37.0 Å². The number of carbonyl (C=O) groups excluding carboxylic acids is 2. The molecule has 0 aromatic carbocycles. The molecule has 4 saturated carbocycles. The van der Waals surface area contributed by atoms with Crippen LogP contribution in [0.25, 0.3) is 0 Å². The quantitative estimate of drug-likeness (QED) is 0.630. The van der Waals surface area contributed by atoms with E-state index in [4.69, 9.17) is 5.11 Å². The highest BCUT2D eigenvalue weighted by molar-refractivity contribution is 5.95. The Morgan fingerprint density at radius 3 is 1.90 bits per heavy atom. The number of esters is 2. The van der Waals surface area contributed by atoms with Crippen LogP contribution in [0.1, 0.15) is 51.4 Å². The summed E-state index contributed by atoms with van der Waals surface area (Å²) >= 11 is 0. The first-order valence-electron chi connectivity index (χ1n) is 7.39. The number of carboxylic acid groups (broad SMARTS) is 1. The van der Waals surface area contributed by atoms with Crippen LogP contribution in [0.4, 0.5) is 0 Å². The second-order valence-electron chi connectivity index (χ2n) is 7.01. The standard InChI is InChI=1S/C15H20O5/c16-12(17)4-13(18)20-14(19)8-15-5-9-1-10(6-15)3-11(2-9)7-15/h9-11H,1-8H2,(H,16,17). The molecule has 20 heavy (non-hydrogen) atoms. The summed E-state index contributed by atoms with van der Waals surface area (Å²) in [6, 6.07) is 0. The van der Waals surface area contributed by atoms with Gasteiger partial charge in [0.15, 0.2) is 0 Å². The minimum absolute atomic E-state index is 0.0232. The molecule has 0 aliphatic heterocycles. The summed E-state index contributed by atoms with van der Waals surface area (Å²) in [5.41, 5.74) is 0.0232. The van der Waals surface area contributed by atoms with E-state index in [1.54, 1.807) is 0 Å². The zero-order valence-corrected chi connectivity index (χ0v) is 11.5. The summed E-state index contributed by atoms with van der Waals surface area (Å²) in [5, 5.41) is 8.49. The van der Waals surface area contributed by atoms with Gasteiger partial charge < -0.3 is 9.84 Å². The summed E-state index contributed by atoms with van der Waals surface area (Å²) in [5.74, 6) is -0.542. The fourth-order valence-electron chi connectivity index (χ4n) is 5.14. The number of carboxylic acids is 1. The molecule has 0 heterocycles. The van der Waals surface area contributed by atoms with Crippen LogP contribution in [-0.2, 0) is 19.1 Å². The van der Waals surface area contributed by atoms with Gasteiger partial charge in [-0.15, -0.1) is 0 Å². The van der Waals surface area contributed by atoms with Crippen LogP contribution in [0.3, 0.4) is 0 Å². The van der Waals surface area contributed by atoms with Gasteiger partial charge in [0.05, 0.1) is 6.42 Å². The monoisotopic (exact) mass is 280 g/mol. The fourth-order valence-corrected chi connectivity index (χ4v) is 5.14. The summed E-state index contributed by atoms with van der Waals surface area (Å²) in [6.45, 7) is 0. The molecular formula is C15H20O5. The van der Waals surface area contributed by atoms with Crippen molar-refractivity contribution in [3.8, 4) is 0 Å². The topological polar surface area (TPSA) is 80.7 Å². The Labute approximate surface area is 117 Å². The van der Waals surface area contributed by atoms with Crippen LogP contribution in [0.2, 0.25) is 0 Å². The largest absolute Gasteiger partial charge is 0.481 e. The van der Waals surface area contributed by atoms with Crippen molar-refractivity contribution in [3.05, 3.63) is 0 Å². The van der Waals surface area contributed by atoms with E-state index in [1.807, 2.05) is 0 Å². The Bertz CT molecular complexity index is 418. The third-order valence-electron chi connectivity index (χ3n) is 5.21. The zero-order chi connectivity index (χ0) is 14.3. The van der Waals surface area contributed by atoms with E-state index in [2.05, 4.69) is 4.74 Å². The van der Waals surface area contributed by atoms with E-state index >= 15 is 0 Å². The maximum absolute atomic E-state index is 11.9. The Balaban J connectivity index is 1.58. The summed E-state index contributed by atoms with van der Waals surface area (Å²) < 4.78 is 4.64. The van der Waals surface area contributed by atoms with Gasteiger partial charge in [-0.1, -0.05) is 0 Å². The predicted molar refractivity (Wildman–Crippen MR) is 68.6 cm³/mol. The number of ether oxygens (including phenoxy) is 1. The lowest BCUT2D eigenvalue weighted by Crippen LogP contribution is -2.47. The zero-order valence-electron chi connectivity index (χ0n) is 11.5. The molecule has 0 aromatic heterocycles. The summed E-state index contributed by atoms with van der Waals surface area (Å²) in [6.07, 6.45) is 6.64. The van der Waals surface area contributed by atoms with Crippen molar-refractivity contribution in [2.75, 3.05) is 0 Å². The molecule has 4 aliphatic rings. The molecule has 0 radical (unpaired) electrons. The molecule has 4 aliphatic carbocycles. The Kier molecular flexibility index (Phi) is 3.30. The molecule has 110 valence electrons. The average molecular weight is 280 g/mol. The molecule has 0 unspecified atom stereocenters. The molecule has 0 spiro atoms. The van der Waals surface area contributed by atoms with Crippen molar-refractivity contribution in [3.63, 3.8) is 0 Å². The van der Waals surface area contributed by atoms with Crippen LogP contribution in [0, 0.1) is 23.2 Å². The maximum atomic E-state index is 11.9. The lowest BCUT2D eigenvalue weighted by Gasteiger charge is -2.56. The number of aliphatic carboxylic acids is 1. The van der Waals surface area contributed by atoms with Crippen molar-refractivity contribution in [1.29, 1.82) is 0 Å². The highest BCUT2D eigenvalue weighted by Gasteiger charge is 2.51. The Morgan fingerprint density at radius 2 is 1.45 bits per heavy atom. The number of hydrogen-bond donors (Lipinski definition) is 1. The lowest BCUT2D eigenvalue weighted by molar-refractivity contribution is -0.165. The van der Waals surface area contributed by atoms with Gasteiger partial charge in [0.2, 0.25) is 0 Å². The van der Waals surface area contributed by atoms with Gasteiger partial charge in [0.1, 0.15) is 6.42 Å². The van der Waals surface area contributed by atoms with E-state index in [1.165, 1.54) is 19.3 Å². The van der Waals surface area contributed by atoms with Gasteiger partial charge >= 0.3 is 17.9 Å². The first-order chi connectivity index (χ1) is 9.44. The smallest absolute Gasteiger partial charge is 0.324 e. The van der Waals surface area contributed by atoms with Gasteiger partial charge in [0.25, 0.3) is 0 Å². The van der Waals surface area contributed by atoms with Crippen molar-refractivity contribution in [2.24, 2.45) is 23.2 Å². The van der Waals surface area contributed by atoms with Crippen LogP contribution in [-0.4, -0.2) is 23.0 Å². The molecule has 4 rings (SSSR count). The number of rotatable bonds is 4. The van der Waals surface area contributed by atoms with Crippen LogP contribution in [0.5, 0.6) is 0 Å². The second-order valence-corrected chi connectivity index (χ2v) is 7.01. The molecule has 4 fully saturated rings. The summed E-state index contributed by atoms with van der Waals surface area (Å²) in [7, 11) is 0. The van der Waals surface area contributed by atoms with Gasteiger partial charge in [-0.2, -0.15) is 0 Å². The molecule has 1 N–H and O–H groups in total. The number of carbonyl (C=O) groups is 3. The first kappa shape index (κ1) is 13.6. The van der Waals surface area contributed by atoms with Gasteiger partial charge in [-0.3, -0.25) is 14.4 Å². The van der Waals surface area contributed by atoms with E-state index < -0.39 is 24.3 Å². The van der Waals surface area contributed by atoms with Crippen molar-refractivity contribution in [1.82, 2.24) is 0 Å². The predicted octanol–water partition coefficient (Wildman–Crippen LogP) is 2.14. The van der Waals surface area contributed by atoms with Gasteiger partial charge in [-0.25, -0.2) is 0 Å². The van der Waals surface area contributed by atoms with Crippen LogP contribution >= 0.6 is 0 Å². The molecular weight excluding hydrogens is 260 g/mol. The number of hydrogen-bond acceptors (Lipinski definition) is 4. The van der Waals surface area contributed by atoms with E-state index in [-0.39, 0.29) is 11.8 Å². The molecule has 0 atom stereocenters. The molecule has 4 bridgehead atoms. The third kappa shape index (κ3) is 2.72. The fraction of sp³-hybridized carbons (Fsp3) is 0.800. The normalized spacial score (nSPS) is 37.7. The highest BCUT2D eigenvalue weighted by Crippen LogP contribution is 2.61. The SMILES string of the molecule is O=C(O)CC(=O)OC(=O)CC12CC3CC(CC(C3)C1)C2. The molecule has 0 amide bonds. The Morgan fingerprint density at radius 1 is 0.950 bits per heavy atom. The highest BCUT2D eigenvalue weighted by atomic mass is 16.6. The van der Waals surface area contributed by atoms with Crippen molar-refractivity contribution in [2.45, 2.75) is 51.4 Å². The van der Waals surface area contributed by atoms with Crippen molar-refractivity contribution < 1.29 is 24.2 Å².